The molecule has 2 rings (SSSR count). The molecule has 0 unspecified atom stereocenters. The summed E-state index contributed by atoms with van der Waals surface area (Å²) in [6.07, 6.45) is 0. The molecule has 1 amide bonds. The third-order valence-electron chi connectivity index (χ3n) is 2.66. The molecule has 2 aromatic carbocycles. The minimum atomic E-state index is -0.707. The number of nitrogens with zero attached hydrogens (tertiary/aromatic N) is 1. The SMILES string of the molecule is O=C(NC(=S)Nc1cccc([N+](=O)[O-])c1)c1ccccc1F. The number of nitro groups is 1. The van der Waals surface area contributed by atoms with Gasteiger partial charge >= 0.3 is 0 Å². The van der Waals surface area contributed by atoms with E-state index in [0.29, 0.717) is 5.69 Å². The average Bonchev–Trinajstić information content (AvgIpc) is 2.47. The largest absolute Gasteiger partial charge is 0.332 e. The molecule has 8 heteroatoms. The van der Waals surface area contributed by atoms with Crippen molar-refractivity contribution in [3.63, 3.8) is 0 Å². The second-order valence-electron chi connectivity index (χ2n) is 4.20. The normalized spacial score (nSPS) is 9.86. The predicted octanol–water partition coefficient (Wildman–Crippen LogP) is 2.86. The van der Waals surface area contributed by atoms with Gasteiger partial charge < -0.3 is 5.32 Å². The Morgan fingerprint density at radius 3 is 2.59 bits per heavy atom. The summed E-state index contributed by atoms with van der Waals surface area (Å²) >= 11 is 4.93. The van der Waals surface area contributed by atoms with E-state index in [-0.39, 0.29) is 16.4 Å². The van der Waals surface area contributed by atoms with E-state index >= 15 is 0 Å². The summed E-state index contributed by atoms with van der Waals surface area (Å²) in [5.41, 5.74) is 0.0759. The molecule has 0 aliphatic heterocycles. The molecule has 0 aromatic heterocycles. The highest BCUT2D eigenvalue weighted by Crippen LogP contribution is 2.16. The molecular weight excluding hydrogens is 309 g/mol. The van der Waals surface area contributed by atoms with Gasteiger partial charge in [0.25, 0.3) is 11.6 Å². The number of anilines is 1. The second-order valence-corrected chi connectivity index (χ2v) is 4.60. The van der Waals surface area contributed by atoms with E-state index in [1.165, 1.54) is 36.4 Å². The molecule has 6 nitrogen and oxygen atoms in total. The van der Waals surface area contributed by atoms with Gasteiger partial charge in [-0.05, 0) is 30.4 Å². The number of nitro benzene ring substituents is 1. The monoisotopic (exact) mass is 319 g/mol. The van der Waals surface area contributed by atoms with Crippen LogP contribution in [0.15, 0.2) is 48.5 Å². The molecule has 0 aliphatic rings. The van der Waals surface area contributed by atoms with E-state index in [2.05, 4.69) is 10.6 Å². The lowest BCUT2D eigenvalue weighted by molar-refractivity contribution is -0.384. The number of rotatable bonds is 3. The Kier molecular flexibility index (Phi) is 4.74. The van der Waals surface area contributed by atoms with Crippen molar-refractivity contribution in [3.8, 4) is 0 Å². The molecule has 0 aliphatic carbocycles. The zero-order valence-electron chi connectivity index (χ0n) is 11.1. The lowest BCUT2D eigenvalue weighted by Gasteiger charge is -2.09. The molecule has 0 atom stereocenters. The van der Waals surface area contributed by atoms with Crippen LogP contribution in [0.5, 0.6) is 0 Å². The van der Waals surface area contributed by atoms with Crippen molar-refractivity contribution in [2.24, 2.45) is 0 Å². The summed E-state index contributed by atoms with van der Waals surface area (Å²) in [6, 6.07) is 11.1. The summed E-state index contributed by atoms with van der Waals surface area (Å²) in [4.78, 5) is 22.0. The number of hydrogen-bond acceptors (Lipinski definition) is 4. The highest BCUT2D eigenvalue weighted by Gasteiger charge is 2.13. The molecule has 0 fully saturated rings. The number of carbonyl (C=O) groups excluding carboxylic acids is 1. The Labute approximate surface area is 130 Å². The number of hydrogen-bond donors (Lipinski definition) is 2. The molecule has 22 heavy (non-hydrogen) atoms. The Morgan fingerprint density at radius 2 is 1.91 bits per heavy atom. The fourth-order valence-corrected chi connectivity index (χ4v) is 1.89. The van der Waals surface area contributed by atoms with Crippen LogP contribution in [0.4, 0.5) is 15.8 Å². The highest BCUT2D eigenvalue weighted by atomic mass is 32.1. The van der Waals surface area contributed by atoms with Gasteiger partial charge in [-0.2, -0.15) is 0 Å². The van der Waals surface area contributed by atoms with Gasteiger partial charge in [-0.1, -0.05) is 18.2 Å². The summed E-state index contributed by atoms with van der Waals surface area (Å²) < 4.78 is 13.5. The van der Waals surface area contributed by atoms with Gasteiger partial charge in [0, 0.05) is 17.8 Å². The number of nitrogens with one attached hydrogen (secondary N) is 2. The van der Waals surface area contributed by atoms with Gasteiger partial charge in [0.1, 0.15) is 5.82 Å². The van der Waals surface area contributed by atoms with Crippen LogP contribution in [0.3, 0.4) is 0 Å². The van der Waals surface area contributed by atoms with Crippen molar-refractivity contribution < 1.29 is 14.1 Å². The molecule has 2 N–H and O–H groups in total. The van der Waals surface area contributed by atoms with E-state index in [4.69, 9.17) is 12.2 Å². The maximum Gasteiger partial charge on any atom is 0.271 e. The maximum atomic E-state index is 13.5. The third kappa shape index (κ3) is 3.83. The van der Waals surface area contributed by atoms with Crippen LogP contribution in [0.25, 0.3) is 0 Å². The van der Waals surface area contributed by atoms with E-state index in [9.17, 15) is 19.3 Å². The van der Waals surface area contributed by atoms with Gasteiger partial charge in [0.15, 0.2) is 5.11 Å². The van der Waals surface area contributed by atoms with Gasteiger partial charge in [-0.25, -0.2) is 4.39 Å². The van der Waals surface area contributed by atoms with Crippen LogP contribution in [-0.2, 0) is 0 Å². The van der Waals surface area contributed by atoms with Crippen LogP contribution in [0, 0.1) is 15.9 Å². The molecule has 0 saturated carbocycles. The van der Waals surface area contributed by atoms with Crippen molar-refractivity contribution in [2.75, 3.05) is 5.32 Å². The average molecular weight is 319 g/mol. The molecule has 0 saturated heterocycles. The Morgan fingerprint density at radius 1 is 1.18 bits per heavy atom. The van der Waals surface area contributed by atoms with Gasteiger partial charge in [-0.3, -0.25) is 20.2 Å². The molecule has 2 aromatic rings. The van der Waals surface area contributed by atoms with Crippen molar-refractivity contribution >= 4 is 34.6 Å². The Hall–Kier alpha value is -2.87. The lowest BCUT2D eigenvalue weighted by atomic mass is 10.2. The molecular formula is C14H10FN3O3S. The van der Waals surface area contributed by atoms with E-state index < -0.39 is 16.6 Å². The summed E-state index contributed by atoms with van der Waals surface area (Å²) in [5, 5.41) is 15.5. The van der Waals surface area contributed by atoms with Crippen molar-refractivity contribution in [2.45, 2.75) is 0 Å². The zero-order valence-corrected chi connectivity index (χ0v) is 11.9. The number of benzene rings is 2. The molecule has 112 valence electrons. The highest BCUT2D eigenvalue weighted by molar-refractivity contribution is 7.80. The number of amides is 1. The standard InChI is InChI=1S/C14H10FN3O3S/c15-12-7-2-1-6-11(12)13(19)17-14(22)16-9-4-3-5-10(8-9)18(20)21/h1-8H,(H2,16,17,19,22). The van der Waals surface area contributed by atoms with E-state index in [1.54, 1.807) is 6.07 Å². The van der Waals surface area contributed by atoms with E-state index in [1.807, 2.05) is 0 Å². The number of halogens is 1. The first-order chi connectivity index (χ1) is 10.5. The second kappa shape index (κ2) is 6.72. The Bertz CT molecular complexity index is 752. The summed E-state index contributed by atoms with van der Waals surface area (Å²) in [6.45, 7) is 0. The van der Waals surface area contributed by atoms with Crippen molar-refractivity contribution in [1.82, 2.24) is 5.32 Å². The lowest BCUT2D eigenvalue weighted by Crippen LogP contribution is -2.34. The van der Waals surface area contributed by atoms with E-state index in [0.717, 1.165) is 6.07 Å². The summed E-state index contributed by atoms with van der Waals surface area (Å²) in [5.74, 6) is -1.38. The van der Waals surface area contributed by atoms with Crippen LogP contribution >= 0.6 is 12.2 Å². The van der Waals surface area contributed by atoms with Gasteiger partial charge in [-0.15, -0.1) is 0 Å². The number of thiocarbonyl (C=S) groups is 1. The quantitative estimate of drug-likeness (QED) is 0.516. The smallest absolute Gasteiger partial charge is 0.271 e. The minimum absolute atomic E-state index is 0.0891. The fraction of sp³-hybridized carbons (Fsp3) is 0. The first-order valence-corrected chi connectivity index (χ1v) is 6.49. The first-order valence-electron chi connectivity index (χ1n) is 6.08. The van der Waals surface area contributed by atoms with Crippen LogP contribution in [-0.4, -0.2) is 15.9 Å². The zero-order chi connectivity index (χ0) is 16.1. The fourth-order valence-electron chi connectivity index (χ4n) is 1.68. The first kappa shape index (κ1) is 15.5. The van der Waals surface area contributed by atoms with Gasteiger partial charge in [0.05, 0.1) is 10.5 Å². The maximum absolute atomic E-state index is 13.5. The van der Waals surface area contributed by atoms with Crippen molar-refractivity contribution in [3.05, 3.63) is 70.0 Å². The number of non-ortho nitro benzene ring substituents is 1. The minimum Gasteiger partial charge on any atom is -0.332 e. The van der Waals surface area contributed by atoms with Gasteiger partial charge in [0.2, 0.25) is 0 Å². The molecule has 0 spiro atoms. The van der Waals surface area contributed by atoms with Crippen LogP contribution < -0.4 is 10.6 Å². The van der Waals surface area contributed by atoms with Crippen LogP contribution in [0.1, 0.15) is 10.4 Å². The summed E-state index contributed by atoms with van der Waals surface area (Å²) in [7, 11) is 0. The topological polar surface area (TPSA) is 84.3 Å². The molecule has 0 radical (unpaired) electrons. The molecule has 0 bridgehead atoms. The van der Waals surface area contributed by atoms with Crippen molar-refractivity contribution in [1.29, 1.82) is 0 Å². The number of carbonyl (C=O) groups is 1. The third-order valence-corrected chi connectivity index (χ3v) is 2.86. The predicted molar refractivity (Wildman–Crippen MR) is 83.2 cm³/mol. The molecule has 0 heterocycles. The Balaban J connectivity index is 2.04. The van der Waals surface area contributed by atoms with Crippen LogP contribution in [0.2, 0.25) is 0 Å².